The molecule has 1 aromatic carbocycles. The zero-order valence-electron chi connectivity index (χ0n) is 11.3. The molecule has 0 atom stereocenters. The highest BCUT2D eigenvalue weighted by Gasteiger charge is 2.04. The van der Waals surface area contributed by atoms with Crippen molar-refractivity contribution in [1.82, 2.24) is 4.98 Å². The summed E-state index contributed by atoms with van der Waals surface area (Å²) in [6.45, 7) is 6.74. The first-order valence-corrected chi connectivity index (χ1v) is 7.02. The summed E-state index contributed by atoms with van der Waals surface area (Å²) in [5.74, 6) is 1.79. The molecule has 0 unspecified atom stereocenters. The van der Waals surface area contributed by atoms with Gasteiger partial charge in [-0.15, -0.1) is 0 Å². The van der Waals surface area contributed by atoms with Crippen LogP contribution in [-0.2, 0) is 0 Å². The van der Waals surface area contributed by atoms with Gasteiger partial charge in [0.25, 0.3) is 0 Å². The van der Waals surface area contributed by atoms with Crippen molar-refractivity contribution in [2.75, 3.05) is 11.9 Å². The minimum Gasteiger partial charge on any atom is -0.494 e. The van der Waals surface area contributed by atoms with Crippen molar-refractivity contribution < 1.29 is 4.74 Å². The fraction of sp³-hybridized carbons (Fsp3) is 0.267. The Kier molecular flexibility index (Phi) is 4.43. The molecule has 0 radical (unpaired) electrons. The van der Waals surface area contributed by atoms with Crippen LogP contribution >= 0.6 is 15.9 Å². The largest absolute Gasteiger partial charge is 0.494 e. The number of anilines is 2. The fourth-order valence-electron chi connectivity index (χ4n) is 1.85. The molecule has 3 nitrogen and oxygen atoms in total. The Bertz CT molecular complexity index is 584. The topological polar surface area (TPSA) is 34.1 Å². The van der Waals surface area contributed by atoms with Crippen LogP contribution in [0.25, 0.3) is 0 Å². The highest BCUT2D eigenvalue weighted by molar-refractivity contribution is 9.10. The Balaban J connectivity index is 2.21. The van der Waals surface area contributed by atoms with Gasteiger partial charge in [0.05, 0.1) is 6.61 Å². The maximum atomic E-state index is 5.53. The molecule has 1 aromatic heterocycles. The van der Waals surface area contributed by atoms with Gasteiger partial charge < -0.3 is 10.1 Å². The second-order valence-corrected chi connectivity index (χ2v) is 5.27. The SMILES string of the molecule is CCOc1ccc(Nc2ncc(Br)cc2C)cc1C. The van der Waals surface area contributed by atoms with Crippen molar-refractivity contribution in [3.8, 4) is 5.75 Å². The van der Waals surface area contributed by atoms with Crippen molar-refractivity contribution in [2.45, 2.75) is 20.8 Å². The van der Waals surface area contributed by atoms with Gasteiger partial charge in [-0.3, -0.25) is 0 Å². The number of pyridine rings is 1. The van der Waals surface area contributed by atoms with Gasteiger partial charge in [-0.1, -0.05) is 0 Å². The van der Waals surface area contributed by atoms with E-state index >= 15 is 0 Å². The first kappa shape index (κ1) is 13.9. The van der Waals surface area contributed by atoms with Gasteiger partial charge in [0.2, 0.25) is 0 Å². The Morgan fingerprint density at radius 1 is 1.21 bits per heavy atom. The zero-order valence-corrected chi connectivity index (χ0v) is 12.9. The van der Waals surface area contributed by atoms with Gasteiger partial charge in [0.15, 0.2) is 0 Å². The molecule has 1 heterocycles. The third-order valence-corrected chi connectivity index (χ3v) is 3.22. The molecule has 0 saturated heterocycles. The third kappa shape index (κ3) is 3.47. The number of benzene rings is 1. The van der Waals surface area contributed by atoms with E-state index in [0.717, 1.165) is 32.9 Å². The number of hydrogen-bond donors (Lipinski definition) is 1. The molecule has 1 N–H and O–H groups in total. The molecule has 0 fully saturated rings. The van der Waals surface area contributed by atoms with E-state index in [4.69, 9.17) is 4.74 Å². The smallest absolute Gasteiger partial charge is 0.133 e. The summed E-state index contributed by atoms with van der Waals surface area (Å²) in [5.41, 5.74) is 3.22. The number of nitrogens with one attached hydrogen (secondary N) is 1. The molecule has 0 amide bonds. The lowest BCUT2D eigenvalue weighted by atomic mass is 10.2. The molecule has 100 valence electrons. The summed E-state index contributed by atoms with van der Waals surface area (Å²) in [6.07, 6.45) is 1.79. The predicted octanol–water partition coefficient (Wildman–Crippen LogP) is 4.60. The van der Waals surface area contributed by atoms with Crippen molar-refractivity contribution in [3.05, 3.63) is 46.1 Å². The summed E-state index contributed by atoms with van der Waals surface area (Å²) >= 11 is 3.41. The van der Waals surface area contributed by atoms with Crippen molar-refractivity contribution in [2.24, 2.45) is 0 Å². The molecule has 0 aliphatic heterocycles. The van der Waals surface area contributed by atoms with Gasteiger partial charge in [0, 0.05) is 16.4 Å². The zero-order chi connectivity index (χ0) is 13.8. The second-order valence-electron chi connectivity index (χ2n) is 4.36. The third-order valence-electron chi connectivity index (χ3n) is 2.78. The average Bonchev–Trinajstić information content (AvgIpc) is 2.36. The van der Waals surface area contributed by atoms with Crippen molar-refractivity contribution in [3.63, 3.8) is 0 Å². The van der Waals surface area contributed by atoms with Crippen LogP contribution in [0.15, 0.2) is 34.9 Å². The van der Waals surface area contributed by atoms with Gasteiger partial charge in [-0.25, -0.2) is 4.98 Å². The Hall–Kier alpha value is -1.55. The van der Waals surface area contributed by atoms with Crippen LogP contribution < -0.4 is 10.1 Å². The molecule has 0 aliphatic rings. The molecule has 4 heteroatoms. The van der Waals surface area contributed by atoms with E-state index < -0.39 is 0 Å². The Morgan fingerprint density at radius 2 is 2.00 bits per heavy atom. The summed E-state index contributed by atoms with van der Waals surface area (Å²) in [7, 11) is 0. The van der Waals surface area contributed by atoms with Crippen molar-refractivity contribution >= 4 is 27.4 Å². The van der Waals surface area contributed by atoms with Crippen LogP contribution in [0.4, 0.5) is 11.5 Å². The first-order valence-electron chi connectivity index (χ1n) is 6.22. The highest BCUT2D eigenvalue weighted by atomic mass is 79.9. The van der Waals surface area contributed by atoms with Crippen LogP contribution in [0.2, 0.25) is 0 Å². The summed E-state index contributed by atoms with van der Waals surface area (Å²) < 4.78 is 6.52. The van der Waals surface area contributed by atoms with E-state index in [1.807, 2.05) is 39.0 Å². The van der Waals surface area contributed by atoms with E-state index in [9.17, 15) is 0 Å². The quantitative estimate of drug-likeness (QED) is 0.893. The number of aromatic nitrogens is 1. The van der Waals surface area contributed by atoms with Gasteiger partial charge >= 0.3 is 0 Å². The number of halogens is 1. The van der Waals surface area contributed by atoms with Crippen LogP contribution in [-0.4, -0.2) is 11.6 Å². The Morgan fingerprint density at radius 3 is 2.63 bits per heavy atom. The van der Waals surface area contributed by atoms with Crippen LogP contribution in [0.5, 0.6) is 5.75 Å². The van der Waals surface area contributed by atoms with E-state index in [-0.39, 0.29) is 0 Å². The minimum atomic E-state index is 0.682. The van der Waals surface area contributed by atoms with E-state index in [0.29, 0.717) is 6.61 Å². The van der Waals surface area contributed by atoms with E-state index in [1.165, 1.54) is 0 Å². The summed E-state index contributed by atoms with van der Waals surface area (Å²) in [5, 5.41) is 3.32. The van der Waals surface area contributed by atoms with Crippen LogP contribution in [0, 0.1) is 13.8 Å². The molecule has 0 spiro atoms. The maximum Gasteiger partial charge on any atom is 0.133 e. The van der Waals surface area contributed by atoms with Crippen LogP contribution in [0.1, 0.15) is 18.1 Å². The monoisotopic (exact) mass is 320 g/mol. The molecular formula is C15H17BrN2O. The van der Waals surface area contributed by atoms with Crippen molar-refractivity contribution in [1.29, 1.82) is 0 Å². The van der Waals surface area contributed by atoms with E-state index in [2.05, 4.69) is 32.3 Å². The Labute approximate surface area is 122 Å². The second kappa shape index (κ2) is 6.06. The van der Waals surface area contributed by atoms with Gasteiger partial charge in [-0.2, -0.15) is 0 Å². The lowest BCUT2D eigenvalue weighted by molar-refractivity contribution is 0.338. The average molecular weight is 321 g/mol. The maximum absolute atomic E-state index is 5.53. The predicted molar refractivity (Wildman–Crippen MR) is 82.3 cm³/mol. The lowest BCUT2D eigenvalue weighted by Gasteiger charge is -2.12. The molecule has 2 rings (SSSR count). The minimum absolute atomic E-state index is 0.682. The highest BCUT2D eigenvalue weighted by Crippen LogP contribution is 2.25. The number of ether oxygens (including phenoxy) is 1. The first-order chi connectivity index (χ1) is 9.10. The molecular weight excluding hydrogens is 304 g/mol. The summed E-state index contributed by atoms with van der Waals surface area (Å²) in [4.78, 5) is 4.37. The summed E-state index contributed by atoms with van der Waals surface area (Å²) in [6, 6.07) is 8.08. The van der Waals surface area contributed by atoms with E-state index in [1.54, 1.807) is 6.20 Å². The number of aryl methyl sites for hydroxylation is 2. The number of rotatable bonds is 4. The molecule has 0 saturated carbocycles. The molecule has 19 heavy (non-hydrogen) atoms. The number of nitrogens with zero attached hydrogens (tertiary/aromatic N) is 1. The van der Waals surface area contributed by atoms with Gasteiger partial charge in [-0.05, 0) is 72.1 Å². The molecule has 2 aromatic rings. The molecule has 0 bridgehead atoms. The standard InChI is InChI=1S/C15H17BrN2O/c1-4-19-14-6-5-13(8-10(14)2)18-15-11(3)7-12(16)9-17-15/h5-9H,4H2,1-3H3,(H,17,18). The normalized spacial score (nSPS) is 10.3. The van der Waals surface area contributed by atoms with Crippen LogP contribution in [0.3, 0.4) is 0 Å². The number of hydrogen-bond acceptors (Lipinski definition) is 3. The lowest BCUT2D eigenvalue weighted by Crippen LogP contribution is -1.98. The molecule has 0 aliphatic carbocycles. The fourth-order valence-corrected chi connectivity index (χ4v) is 2.30. The van der Waals surface area contributed by atoms with Gasteiger partial charge in [0.1, 0.15) is 11.6 Å².